The first kappa shape index (κ1) is 19.5. The van der Waals surface area contributed by atoms with Crippen molar-refractivity contribution >= 4 is 33.6 Å². The number of phenols is 1. The van der Waals surface area contributed by atoms with Crippen LogP contribution in [0, 0.1) is 0 Å². The second-order valence-electron chi connectivity index (χ2n) is 5.20. The van der Waals surface area contributed by atoms with Gasteiger partial charge in [0.2, 0.25) is 0 Å². The molecule has 2 aromatic rings. The number of halogens is 1. The summed E-state index contributed by atoms with van der Waals surface area (Å²) in [4.78, 5) is 23.3. The highest BCUT2D eigenvalue weighted by molar-refractivity contribution is 9.10. The molecule has 0 unspecified atom stereocenters. The second-order valence-corrected chi connectivity index (χ2v) is 6.12. The van der Waals surface area contributed by atoms with E-state index in [4.69, 9.17) is 9.94 Å². The molecular weight excluding hydrogens is 404 g/mol. The summed E-state index contributed by atoms with van der Waals surface area (Å²) in [7, 11) is 0. The van der Waals surface area contributed by atoms with Crippen LogP contribution in [0.5, 0.6) is 5.75 Å². The SMILES string of the molecule is O=C(/C=C/C[C@H](OC(=O)Nc1ccccc1)c1cc(Br)ccc1O)NO. The van der Waals surface area contributed by atoms with Crippen molar-refractivity contribution in [2.75, 3.05) is 5.32 Å². The Morgan fingerprint density at radius 3 is 2.62 bits per heavy atom. The fraction of sp³-hybridized carbons (Fsp3) is 0.111. The van der Waals surface area contributed by atoms with Crippen molar-refractivity contribution in [3.63, 3.8) is 0 Å². The van der Waals surface area contributed by atoms with Crippen LogP contribution in [0.25, 0.3) is 0 Å². The van der Waals surface area contributed by atoms with Gasteiger partial charge in [-0.05, 0) is 30.3 Å². The number of hydroxylamine groups is 1. The van der Waals surface area contributed by atoms with Gasteiger partial charge in [0.25, 0.3) is 5.91 Å². The Labute approximate surface area is 158 Å². The van der Waals surface area contributed by atoms with Crippen molar-refractivity contribution in [1.82, 2.24) is 5.48 Å². The zero-order chi connectivity index (χ0) is 18.9. The van der Waals surface area contributed by atoms with Gasteiger partial charge < -0.3 is 9.84 Å². The molecule has 0 fully saturated rings. The number of ether oxygens (including phenoxy) is 1. The van der Waals surface area contributed by atoms with E-state index in [9.17, 15) is 14.7 Å². The molecule has 0 aliphatic rings. The van der Waals surface area contributed by atoms with Crippen LogP contribution in [-0.4, -0.2) is 22.3 Å². The van der Waals surface area contributed by atoms with Crippen LogP contribution in [0.3, 0.4) is 0 Å². The number of carbonyl (C=O) groups excluding carboxylic acids is 2. The molecule has 4 N–H and O–H groups in total. The molecule has 0 saturated heterocycles. The van der Waals surface area contributed by atoms with Crippen LogP contribution >= 0.6 is 15.9 Å². The van der Waals surface area contributed by atoms with Crippen molar-refractivity contribution in [2.24, 2.45) is 0 Å². The number of hydrogen-bond donors (Lipinski definition) is 4. The van der Waals surface area contributed by atoms with E-state index in [0.717, 1.165) is 6.08 Å². The average Bonchev–Trinajstić information content (AvgIpc) is 2.63. The number of phenolic OH excluding ortho intramolecular Hbond substituents is 1. The molecule has 0 aliphatic heterocycles. The molecule has 0 saturated carbocycles. The van der Waals surface area contributed by atoms with E-state index in [1.54, 1.807) is 36.4 Å². The molecule has 136 valence electrons. The van der Waals surface area contributed by atoms with E-state index in [-0.39, 0.29) is 12.2 Å². The largest absolute Gasteiger partial charge is 0.508 e. The highest BCUT2D eigenvalue weighted by atomic mass is 79.9. The molecule has 2 amide bonds. The predicted octanol–water partition coefficient (Wildman–Crippen LogP) is 3.90. The molecule has 0 spiro atoms. The molecular formula is C18H17BrN2O5. The van der Waals surface area contributed by atoms with Gasteiger partial charge in [0, 0.05) is 28.2 Å². The summed E-state index contributed by atoms with van der Waals surface area (Å²) in [6.45, 7) is 0. The molecule has 2 rings (SSSR count). The quantitative estimate of drug-likeness (QED) is 0.322. The van der Waals surface area contributed by atoms with Crippen LogP contribution in [-0.2, 0) is 9.53 Å². The van der Waals surface area contributed by atoms with Crippen LogP contribution in [0.1, 0.15) is 18.1 Å². The van der Waals surface area contributed by atoms with E-state index < -0.39 is 18.1 Å². The lowest BCUT2D eigenvalue weighted by molar-refractivity contribution is -0.124. The Morgan fingerprint density at radius 1 is 1.19 bits per heavy atom. The van der Waals surface area contributed by atoms with Crippen LogP contribution in [0.15, 0.2) is 65.2 Å². The summed E-state index contributed by atoms with van der Waals surface area (Å²) < 4.78 is 6.11. The van der Waals surface area contributed by atoms with Crippen molar-refractivity contribution in [2.45, 2.75) is 12.5 Å². The molecule has 0 bridgehead atoms. The minimum Gasteiger partial charge on any atom is -0.508 e. The lowest BCUT2D eigenvalue weighted by Gasteiger charge is -2.18. The molecule has 0 heterocycles. The highest BCUT2D eigenvalue weighted by Crippen LogP contribution is 2.32. The molecule has 0 aliphatic carbocycles. The molecule has 0 aromatic heterocycles. The fourth-order valence-corrected chi connectivity index (χ4v) is 2.53. The van der Waals surface area contributed by atoms with Gasteiger partial charge in [-0.3, -0.25) is 15.3 Å². The predicted molar refractivity (Wildman–Crippen MR) is 98.8 cm³/mol. The van der Waals surface area contributed by atoms with E-state index >= 15 is 0 Å². The number of amides is 2. The monoisotopic (exact) mass is 420 g/mol. The minimum absolute atomic E-state index is 0.0503. The lowest BCUT2D eigenvalue weighted by Crippen LogP contribution is -2.18. The lowest BCUT2D eigenvalue weighted by atomic mass is 10.0. The first-order chi connectivity index (χ1) is 12.5. The molecule has 2 aromatic carbocycles. The summed E-state index contributed by atoms with van der Waals surface area (Å²) in [5.41, 5.74) is 2.40. The van der Waals surface area contributed by atoms with E-state index in [2.05, 4.69) is 21.2 Å². The molecule has 26 heavy (non-hydrogen) atoms. The van der Waals surface area contributed by atoms with E-state index in [1.807, 2.05) is 6.07 Å². The number of benzene rings is 2. The Hall–Kier alpha value is -2.84. The van der Waals surface area contributed by atoms with Crippen LogP contribution < -0.4 is 10.8 Å². The second kappa shape index (κ2) is 9.59. The van der Waals surface area contributed by atoms with Crippen molar-refractivity contribution in [3.8, 4) is 5.75 Å². The van der Waals surface area contributed by atoms with Gasteiger partial charge in [-0.1, -0.05) is 40.2 Å². The number of aromatic hydroxyl groups is 1. The zero-order valence-electron chi connectivity index (χ0n) is 13.6. The highest BCUT2D eigenvalue weighted by Gasteiger charge is 2.20. The summed E-state index contributed by atoms with van der Waals surface area (Å²) in [5.74, 6) is -0.762. The van der Waals surface area contributed by atoms with Crippen molar-refractivity contribution in [3.05, 3.63) is 70.7 Å². The topological polar surface area (TPSA) is 108 Å². The molecule has 0 radical (unpaired) electrons. The number of hydrogen-bond acceptors (Lipinski definition) is 5. The fourth-order valence-electron chi connectivity index (χ4n) is 2.16. The number of para-hydroxylation sites is 1. The molecule has 7 nitrogen and oxygen atoms in total. The number of carbonyl (C=O) groups is 2. The third-order valence-electron chi connectivity index (χ3n) is 3.34. The number of nitrogens with one attached hydrogen (secondary N) is 2. The first-order valence-corrected chi connectivity index (χ1v) is 8.40. The van der Waals surface area contributed by atoms with Gasteiger partial charge in [-0.15, -0.1) is 0 Å². The normalized spacial score (nSPS) is 11.8. The van der Waals surface area contributed by atoms with Gasteiger partial charge in [-0.25, -0.2) is 10.3 Å². The van der Waals surface area contributed by atoms with Crippen molar-refractivity contribution < 1.29 is 24.6 Å². The standard InChI is InChI=1S/C18H17BrN2O5/c19-12-9-10-15(22)14(11-12)16(7-4-8-17(23)21-25)26-18(24)20-13-5-2-1-3-6-13/h1-6,8-11,16,22,25H,7H2,(H,20,24)(H,21,23)/b8-4+/t16-/m0/s1. The van der Waals surface area contributed by atoms with Gasteiger partial charge in [0.05, 0.1) is 0 Å². The van der Waals surface area contributed by atoms with Gasteiger partial charge in [0.1, 0.15) is 11.9 Å². The van der Waals surface area contributed by atoms with Crippen molar-refractivity contribution in [1.29, 1.82) is 0 Å². The van der Waals surface area contributed by atoms with E-state index in [0.29, 0.717) is 15.7 Å². The van der Waals surface area contributed by atoms with Gasteiger partial charge >= 0.3 is 6.09 Å². The zero-order valence-corrected chi connectivity index (χ0v) is 15.1. The minimum atomic E-state index is -0.848. The molecule has 8 heteroatoms. The maximum atomic E-state index is 12.2. The number of anilines is 1. The summed E-state index contributed by atoms with van der Waals surface area (Å²) in [6.07, 6.45) is 1.08. The third kappa shape index (κ3) is 5.91. The Bertz CT molecular complexity index is 795. The average molecular weight is 421 g/mol. The van der Waals surface area contributed by atoms with Crippen LogP contribution in [0.4, 0.5) is 10.5 Å². The Balaban J connectivity index is 2.16. The summed E-state index contributed by atoms with van der Waals surface area (Å²) in [5, 5.41) is 21.2. The van der Waals surface area contributed by atoms with Gasteiger partial charge in [0.15, 0.2) is 0 Å². The van der Waals surface area contributed by atoms with E-state index in [1.165, 1.54) is 17.6 Å². The third-order valence-corrected chi connectivity index (χ3v) is 3.83. The van der Waals surface area contributed by atoms with Gasteiger partial charge in [-0.2, -0.15) is 0 Å². The maximum Gasteiger partial charge on any atom is 0.412 e. The molecule has 1 atom stereocenters. The number of rotatable bonds is 6. The Morgan fingerprint density at radius 2 is 1.92 bits per heavy atom. The summed E-state index contributed by atoms with van der Waals surface area (Å²) in [6, 6.07) is 13.5. The Kier molecular flexibility index (Phi) is 7.19. The maximum absolute atomic E-state index is 12.2. The van der Waals surface area contributed by atoms with Crippen LogP contribution in [0.2, 0.25) is 0 Å². The smallest absolute Gasteiger partial charge is 0.412 e. The summed E-state index contributed by atoms with van der Waals surface area (Å²) >= 11 is 3.30. The first-order valence-electron chi connectivity index (χ1n) is 7.61.